The molecule has 0 aromatic heterocycles. The highest BCUT2D eigenvalue weighted by atomic mass is 32.2. The van der Waals surface area contributed by atoms with Gasteiger partial charge in [-0.25, -0.2) is 13.2 Å². The van der Waals surface area contributed by atoms with Crippen molar-refractivity contribution in [3.05, 3.63) is 60.2 Å². The third-order valence-corrected chi connectivity index (χ3v) is 6.89. The van der Waals surface area contributed by atoms with E-state index in [0.29, 0.717) is 25.4 Å². The van der Waals surface area contributed by atoms with Crippen molar-refractivity contribution < 1.29 is 45.4 Å². The number of nitrogens with zero attached hydrogens (tertiary/aromatic N) is 1. The Kier molecular flexibility index (Phi) is 8.87. The van der Waals surface area contributed by atoms with Crippen LogP contribution >= 0.6 is 0 Å². The average Bonchev–Trinajstić information content (AvgIpc) is 2.83. The van der Waals surface area contributed by atoms with Crippen molar-refractivity contribution in [2.24, 2.45) is 0 Å². The predicted molar refractivity (Wildman–Crippen MR) is 117 cm³/mol. The van der Waals surface area contributed by atoms with Gasteiger partial charge in [-0.1, -0.05) is 30.3 Å². The van der Waals surface area contributed by atoms with Crippen molar-refractivity contribution >= 4 is 21.8 Å². The Morgan fingerprint density at radius 1 is 1.06 bits per heavy atom. The van der Waals surface area contributed by atoms with Crippen molar-refractivity contribution in [1.82, 2.24) is 4.90 Å². The number of hydrogen-bond donors (Lipinski definition) is 0. The van der Waals surface area contributed by atoms with Crippen LogP contribution in [0.3, 0.4) is 0 Å². The quantitative estimate of drug-likeness (QED) is 0.371. The molecule has 35 heavy (non-hydrogen) atoms. The van der Waals surface area contributed by atoms with Gasteiger partial charge in [-0.3, -0.25) is 9.69 Å². The lowest BCUT2D eigenvalue weighted by Crippen LogP contribution is -2.39. The molecular formula is C23H24F3NO7S. The normalized spacial score (nSPS) is 17.1. The van der Waals surface area contributed by atoms with E-state index in [4.69, 9.17) is 9.47 Å². The second-order valence-electron chi connectivity index (χ2n) is 7.72. The van der Waals surface area contributed by atoms with Gasteiger partial charge < -0.3 is 14.2 Å². The number of benzene rings is 2. The molecule has 8 nitrogen and oxygen atoms in total. The molecular weight excluding hydrogens is 491 g/mol. The molecule has 3 rings (SSSR count). The Morgan fingerprint density at radius 2 is 1.74 bits per heavy atom. The number of esters is 2. The van der Waals surface area contributed by atoms with E-state index in [0.717, 1.165) is 5.56 Å². The first kappa shape index (κ1) is 26.6. The van der Waals surface area contributed by atoms with E-state index >= 15 is 0 Å². The molecule has 1 unspecified atom stereocenters. The standard InChI is InChI=1S/C23H24F3NO7S/c24-23(25,26)22(29)34-21(28)10-11-27-12-13-33-20(16-27)17-6-8-18(9-7-17)32-14-15-35(30,31)19-4-2-1-3-5-19/h1-9,20H,10-16H2. The van der Waals surface area contributed by atoms with E-state index in [1.165, 1.54) is 12.1 Å². The molecule has 2 aromatic rings. The average molecular weight is 516 g/mol. The Labute approximate surface area is 200 Å². The summed E-state index contributed by atoms with van der Waals surface area (Å²) in [7, 11) is -3.45. The molecule has 0 amide bonds. The Morgan fingerprint density at radius 3 is 2.40 bits per heavy atom. The second-order valence-corrected chi connectivity index (χ2v) is 9.83. The number of carbonyl (C=O) groups excluding carboxylic acids is 2. The van der Waals surface area contributed by atoms with Gasteiger partial charge in [-0.15, -0.1) is 0 Å². The molecule has 12 heteroatoms. The highest BCUT2D eigenvalue weighted by Crippen LogP contribution is 2.25. The van der Waals surface area contributed by atoms with Crippen LogP contribution in [0, 0.1) is 0 Å². The van der Waals surface area contributed by atoms with Crippen molar-refractivity contribution in [3.8, 4) is 5.75 Å². The van der Waals surface area contributed by atoms with Crippen molar-refractivity contribution in [2.45, 2.75) is 23.6 Å². The lowest BCUT2D eigenvalue weighted by molar-refractivity contribution is -0.202. The Balaban J connectivity index is 1.45. The first-order valence-electron chi connectivity index (χ1n) is 10.7. The zero-order chi connectivity index (χ0) is 25.5. The van der Waals surface area contributed by atoms with Gasteiger partial charge in [0.15, 0.2) is 9.84 Å². The van der Waals surface area contributed by atoms with Crippen LogP contribution in [0.1, 0.15) is 18.1 Å². The topological polar surface area (TPSA) is 99.2 Å². The van der Waals surface area contributed by atoms with Gasteiger partial charge in [-0.2, -0.15) is 13.2 Å². The molecule has 0 bridgehead atoms. The van der Waals surface area contributed by atoms with Crippen LogP contribution in [0.15, 0.2) is 59.5 Å². The first-order chi connectivity index (χ1) is 16.5. The van der Waals surface area contributed by atoms with Gasteiger partial charge in [0.1, 0.15) is 12.4 Å². The summed E-state index contributed by atoms with van der Waals surface area (Å²) in [6.07, 6.45) is -5.93. The van der Waals surface area contributed by atoms with Crippen LogP contribution in [-0.4, -0.2) is 70.0 Å². The van der Waals surface area contributed by atoms with Gasteiger partial charge in [0.25, 0.3) is 0 Å². The minimum absolute atomic E-state index is 0.0166. The van der Waals surface area contributed by atoms with Gasteiger partial charge in [0.2, 0.25) is 0 Å². The lowest BCUT2D eigenvalue weighted by Gasteiger charge is -2.33. The van der Waals surface area contributed by atoms with Gasteiger partial charge in [0, 0.05) is 19.6 Å². The largest absolute Gasteiger partial charge is 0.493 e. The molecule has 1 fully saturated rings. The highest BCUT2D eigenvalue weighted by Gasteiger charge is 2.42. The van der Waals surface area contributed by atoms with Crippen molar-refractivity contribution in [3.63, 3.8) is 0 Å². The maximum atomic E-state index is 12.3. The van der Waals surface area contributed by atoms with E-state index in [1.807, 2.05) is 4.90 Å². The van der Waals surface area contributed by atoms with E-state index in [2.05, 4.69) is 4.74 Å². The minimum Gasteiger partial charge on any atom is -0.493 e. The Hall–Kier alpha value is -2.96. The third kappa shape index (κ3) is 8.05. The number of hydrogen-bond acceptors (Lipinski definition) is 8. The highest BCUT2D eigenvalue weighted by molar-refractivity contribution is 7.91. The molecule has 1 saturated heterocycles. The summed E-state index contributed by atoms with van der Waals surface area (Å²) < 4.78 is 76.2. The van der Waals surface area contributed by atoms with Crippen LogP contribution in [0.25, 0.3) is 0 Å². The van der Waals surface area contributed by atoms with Crippen LogP contribution in [0.2, 0.25) is 0 Å². The van der Waals surface area contributed by atoms with E-state index in [1.54, 1.807) is 42.5 Å². The predicted octanol–water partition coefficient (Wildman–Crippen LogP) is 2.93. The summed E-state index contributed by atoms with van der Waals surface area (Å²) >= 11 is 0. The van der Waals surface area contributed by atoms with Crippen LogP contribution < -0.4 is 4.74 Å². The molecule has 0 aliphatic carbocycles. The summed E-state index contributed by atoms with van der Waals surface area (Å²) in [5, 5.41) is 0. The maximum Gasteiger partial charge on any atom is 0.491 e. The number of ether oxygens (including phenoxy) is 3. The molecule has 0 radical (unpaired) electrons. The zero-order valence-electron chi connectivity index (χ0n) is 18.6. The summed E-state index contributed by atoms with van der Waals surface area (Å²) in [5.74, 6) is -3.45. The minimum atomic E-state index is -5.22. The summed E-state index contributed by atoms with van der Waals surface area (Å²) in [5.41, 5.74) is 0.814. The van der Waals surface area contributed by atoms with Gasteiger partial charge in [0.05, 0.1) is 29.8 Å². The van der Waals surface area contributed by atoms with Gasteiger partial charge >= 0.3 is 18.1 Å². The van der Waals surface area contributed by atoms with Crippen LogP contribution in [-0.2, 0) is 28.9 Å². The fraction of sp³-hybridized carbons (Fsp3) is 0.391. The fourth-order valence-corrected chi connectivity index (χ4v) is 4.47. The molecule has 1 atom stereocenters. The molecule has 1 aliphatic heterocycles. The second kappa shape index (κ2) is 11.6. The van der Waals surface area contributed by atoms with Crippen LogP contribution in [0.5, 0.6) is 5.75 Å². The fourth-order valence-electron chi connectivity index (χ4n) is 3.36. The van der Waals surface area contributed by atoms with Crippen molar-refractivity contribution in [2.75, 3.05) is 38.6 Å². The summed E-state index contributed by atoms with van der Waals surface area (Å²) in [6.45, 7) is 1.29. The SMILES string of the molecule is O=C(CCN1CCOC(c2ccc(OCCS(=O)(=O)c3ccccc3)cc2)C1)OC(=O)C(F)(F)F. The molecule has 0 saturated carbocycles. The van der Waals surface area contributed by atoms with E-state index < -0.39 is 28.0 Å². The number of halogens is 3. The number of carbonyl (C=O) groups is 2. The van der Waals surface area contributed by atoms with Gasteiger partial charge in [-0.05, 0) is 29.8 Å². The molecule has 2 aromatic carbocycles. The number of morpholine rings is 1. The first-order valence-corrected chi connectivity index (χ1v) is 12.4. The van der Waals surface area contributed by atoms with Crippen molar-refractivity contribution in [1.29, 1.82) is 0 Å². The molecule has 0 N–H and O–H groups in total. The lowest BCUT2D eigenvalue weighted by atomic mass is 10.1. The molecule has 190 valence electrons. The summed E-state index contributed by atoms with van der Waals surface area (Å²) in [6, 6.07) is 15.0. The third-order valence-electron chi connectivity index (χ3n) is 5.20. The smallest absolute Gasteiger partial charge is 0.491 e. The molecule has 1 aliphatic rings. The van der Waals surface area contributed by atoms with E-state index in [9.17, 15) is 31.2 Å². The molecule has 0 spiro atoms. The zero-order valence-corrected chi connectivity index (χ0v) is 19.4. The number of sulfone groups is 1. The number of alkyl halides is 3. The van der Waals surface area contributed by atoms with E-state index in [-0.39, 0.29) is 36.3 Å². The van der Waals surface area contributed by atoms with Crippen LogP contribution in [0.4, 0.5) is 13.2 Å². The number of rotatable bonds is 9. The molecule has 1 heterocycles. The maximum absolute atomic E-state index is 12.3. The summed E-state index contributed by atoms with van der Waals surface area (Å²) in [4.78, 5) is 24.3. The Bertz CT molecular complexity index is 1110. The monoisotopic (exact) mass is 515 g/mol.